The van der Waals surface area contributed by atoms with Crippen LogP contribution in [0.1, 0.15) is 24.6 Å². The zero-order valence-electron chi connectivity index (χ0n) is 12.7. The van der Waals surface area contributed by atoms with Crippen molar-refractivity contribution in [3.8, 4) is 0 Å². The molecule has 0 bridgehead atoms. The number of hydrazine groups is 1. The standard InChI is InChI=1S/C15H22ClN5O2/c16-11-12(19-20-14(11)17)15(23)21-7-4-9(5-8-21)13(22)10-3-1-2-6-18-10/h1-3,6,9,11-14,19-20,22H,4-5,7-8,17H2. The van der Waals surface area contributed by atoms with Crippen molar-refractivity contribution >= 4 is 17.5 Å². The van der Waals surface area contributed by atoms with Crippen LogP contribution in [0.2, 0.25) is 0 Å². The first-order valence-electron chi connectivity index (χ1n) is 7.86. The lowest BCUT2D eigenvalue weighted by molar-refractivity contribution is -0.135. The average Bonchev–Trinajstić information content (AvgIpc) is 2.94. The number of nitrogens with zero attached hydrogens (tertiary/aromatic N) is 2. The third-order valence-corrected chi connectivity index (χ3v) is 5.15. The molecule has 0 saturated carbocycles. The van der Waals surface area contributed by atoms with E-state index >= 15 is 0 Å². The summed E-state index contributed by atoms with van der Waals surface area (Å²) in [6.07, 6.45) is 2.13. The molecule has 126 valence electrons. The Labute approximate surface area is 140 Å². The highest BCUT2D eigenvalue weighted by molar-refractivity contribution is 6.23. The third-order valence-electron chi connectivity index (χ3n) is 4.62. The zero-order chi connectivity index (χ0) is 16.4. The number of amides is 1. The van der Waals surface area contributed by atoms with Gasteiger partial charge in [0.25, 0.3) is 0 Å². The Kier molecular flexibility index (Phi) is 5.13. The van der Waals surface area contributed by atoms with Crippen molar-refractivity contribution in [2.45, 2.75) is 36.5 Å². The molecule has 2 fully saturated rings. The van der Waals surface area contributed by atoms with E-state index < -0.39 is 23.7 Å². The largest absolute Gasteiger partial charge is 0.387 e. The molecule has 1 aromatic heterocycles. The second-order valence-electron chi connectivity index (χ2n) is 6.10. The number of alkyl halides is 1. The molecule has 1 aromatic rings. The molecule has 0 aromatic carbocycles. The number of hydrogen-bond acceptors (Lipinski definition) is 6. The van der Waals surface area contributed by atoms with Crippen LogP contribution in [0.25, 0.3) is 0 Å². The van der Waals surface area contributed by atoms with Crippen LogP contribution in [0.5, 0.6) is 0 Å². The Hall–Kier alpha value is -1.25. The van der Waals surface area contributed by atoms with Crippen molar-refractivity contribution in [3.63, 3.8) is 0 Å². The number of carbonyl (C=O) groups excluding carboxylic acids is 1. The van der Waals surface area contributed by atoms with Gasteiger partial charge in [0, 0.05) is 19.3 Å². The fourth-order valence-electron chi connectivity index (χ4n) is 3.18. The number of pyridine rings is 1. The molecular formula is C15H22ClN5O2. The minimum absolute atomic E-state index is 0.0452. The number of piperidine rings is 1. The van der Waals surface area contributed by atoms with E-state index in [1.807, 2.05) is 18.2 Å². The summed E-state index contributed by atoms with van der Waals surface area (Å²) in [6.45, 7) is 1.20. The molecule has 0 radical (unpaired) electrons. The van der Waals surface area contributed by atoms with Crippen LogP contribution >= 0.6 is 11.6 Å². The molecule has 0 spiro atoms. The lowest BCUT2D eigenvalue weighted by atomic mass is 9.89. The number of likely N-dealkylation sites (tertiary alicyclic amines) is 1. The minimum atomic E-state index is -0.589. The highest BCUT2D eigenvalue weighted by Gasteiger charge is 2.40. The van der Waals surface area contributed by atoms with Gasteiger partial charge in [0.05, 0.1) is 23.3 Å². The molecule has 2 aliphatic rings. The molecule has 2 saturated heterocycles. The highest BCUT2D eigenvalue weighted by atomic mass is 35.5. The SMILES string of the molecule is NC1NNC(C(=O)N2CCC(C(O)c3ccccn3)CC2)C1Cl. The maximum Gasteiger partial charge on any atom is 0.242 e. The van der Waals surface area contributed by atoms with E-state index in [-0.39, 0.29) is 11.8 Å². The topological polar surface area (TPSA) is 104 Å². The molecule has 4 unspecified atom stereocenters. The summed E-state index contributed by atoms with van der Waals surface area (Å²) in [4.78, 5) is 18.5. The smallest absolute Gasteiger partial charge is 0.242 e. The predicted molar refractivity (Wildman–Crippen MR) is 86.2 cm³/mol. The van der Waals surface area contributed by atoms with E-state index in [2.05, 4.69) is 15.8 Å². The van der Waals surface area contributed by atoms with E-state index in [1.54, 1.807) is 11.1 Å². The normalized spacial score (nSPS) is 30.4. The molecule has 5 N–H and O–H groups in total. The van der Waals surface area contributed by atoms with Crippen molar-refractivity contribution in [1.29, 1.82) is 0 Å². The minimum Gasteiger partial charge on any atom is -0.387 e. The first kappa shape index (κ1) is 16.6. The summed E-state index contributed by atoms with van der Waals surface area (Å²) in [5, 5.41) is 9.96. The van der Waals surface area contributed by atoms with Gasteiger partial charge in [0.1, 0.15) is 6.04 Å². The van der Waals surface area contributed by atoms with E-state index in [0.717, 1.165) is 12.8 Å². The van der Waals surface area contributed by atoms with Gasteiger partial charge in [-0.05, 0) is 30.9 Å². The Balaban J connectivity index is 1.55. The molecule has 3 rings (SSSR count). The number of hydrogen-bond donors (Lipinski definition) is 4. The second kappa shape index (κ2) is 7.11. The van der Waals surface area contributed by atoms with Crippen LogP contribution in [-0.4, -0.2) is 51.6 Å². The van der Waals surface area contributed by atoms with Crippen molar-refractivity contribution in [2.75, 3.05) is 13.1 Å². The summed E-state index contributed by atoms with van der Waals surface area (Å²) in [5.74, 6) is 0.0638. The number of aromatic nitrogens is 1. The molecule has 8 heteroatoms. The van der Waals surface area contributed by atoms with E-state index in [1.165, 1.54) is 0 Å². The van der Waals surface area contributed by atoms with Gasteiger partial charge in [-0.2, -0.15) is 0 Å². The van der Waals surface area contributed by atoms with Crippen LogP contribution < -0.4 is 16.6 Å². The number of rotatable bonds is 3. The highest BCUT2D eigenvalue weighted by Crippen LogP contribution is 2.30. The molecular weight excluding hydrogens is 318 g/mol. The van der Waals surface area contributed by atoms with Crippen molar-refractivity contribution < 1.29 is 9.90 Å². The zero-order valence-corrected chi connectivity index (χ0v) is 13.5. The summed E-state index contributed by atoms with van der Waals surface area (Å²) < 4.78 is 0. The van der Waals surface area contributed by atoms with Gasteiger partial charge in [-0.25, -0.2) is 10.9 Å². The molecule has 1 amide bonds. The molecule has 4 atom stereocenters. The quantitative estimate of drug-likeness (QED) is 0.565. The lowest BCUT2D eigenvalue weighted by Gasteiger charge is -2.35. The summed E-state index contributed by atoms with van der Waals surface area (Å²) in [5.41, 5.74) is 12.1. The van der Waals surface area contributed by atoms with Crippen LogP contribution in [0.15, 0.2) is 24.4 Å². The van der Waals surface area contributed by atoms with Crippen LogP contribution in [0, 0.1) is 5.92 Å². The van der Waals surface area contributed by atoms with Gasteiger partial charge in [-0.1, -0.05) is 6.07 Å². The van der Waals surface area contributed by atoms with E-state index in [9.17, 15) is 9.90 Å². The first-order valence-corrected chi connectivity index (χ1v) is 8.30. The van der Waals surface area contributed by atoms with Crippen molar-refractivity contribution in [2.24, 2.45) is 11.7 Å². The number of aliphatic hydroxyl groups is 1. The maximum atomic E-state index is 12.5. The second-order valence-corrected chi connectivity index (χ2v) is 6.60. The van der Waals surface area contributed by atoms with Crippen molar-refractivity contribution in [3.05, 3.63) is 30.1 Å². The van der Waals surface area contributed by atoms with Crippen LogP contribution in [0.4, 0.5) is 0 Å². The summed E-state index contributed by atoms with van der Waals surface area (Å²) in [7, 11) is 0. The number of carbonyl (C=O) groups is 1. The number of halogens is 1. The van der Waals surface area contributed by atoms with E-state index in [4.69, 9.17) is 17.3 Å². The van der Waals surface area contributed by atoms with Crippen LogP contribution in [-0.2, 0) is 4.79 Å². The lowest BCUT2D eigenvalue weighted by Crippen LogP contribution is -2.51. The number of nitrogens with one attached hydrogen (secondary N) is 2. The third kappa shape index (κ3) is 3.49. The van der Waals surface area contributed by atoms with Gasteiger partial charge in [-0.15, -0.1) is 11.6 Å². The monoisotopic (exact) mass is 339 g/mol. The Morgan fingerprint density at radius 2 is 2.13 bits per heavy atom. The first-order chi connectivity index (χ1) is 11.1. The number of aliphatic hydroxyl groups excluding tert-OH is 1. The molecule has 7 nitrogen and oxygen atoms in total. The van der Waals surface area contributed by atoms with Gasteiger partial charge in [0.15, 0.2) is 0 Å². The Bertz CT molecular complexity index is 538. The van der Waals surface area contributed by atoms with Crippen molar-refractivity contribution in [1.82, 2.24) is 20.7 Å². The van der Waals surface area contributed by atoms with Crippen LogP contribution in [0.3, 0.4) is 0 Å². The Morgan fingerprint density at radius 3 is 2.70 bits per heavy atom. The molecule has 2 aliphatic heterocycles. The average molecular weight is 340 g/mol. The summed E-state index contributed by atoms with van der Waals surface area (Å²) in [6, 6.07) is 5.01. The molecule has 0 aliphatic carbocycles. The van der Waals surface area contributed by atoms with Gasteiger partial charge in [0.2, 0.25) is 5.91 Å². The summed E-state index contributed by atoms with van der Waals surface area (Å²) >= 11 is 6.16. The molecule has 23 heavy (non-hydrogen) atoms. The van der Waals surface area contributed by atoms with Gasteiger partial charge < -0.3 is 15.7 Å². The number of nitrogens with two attached hydrogens (primary N) is 1. The fraction of sp³-hybridized carbons (Fsp3) is 0.600. The van der Waals surface area contributed by atoms with Gasteiger partial charge in [-0.3, -0.25) is 9.78 Å². The molecule has 3 heterocycles. The predicted octanol–water partition coefficient (Wildman–Crippen LogP) is -0.278. The maximum absolute atomic E-state index is 12.5. The fourth-order valence-corrected chi connectivity index (χ4v) is 3.41. The Morgan fingerprint density at radius 1 is 1.39 bits per heavy atom. The van der Waals surface area contributed by atoms with Gasteiger partial charge >= 0.3 is 0 Å². The van der Waals surface area contributed by atoms with E-state index in [0.29, 0.717) is 18.8 Å².